The topological polar surface area (TPSA) is 56.1 Å². The number of benzene rings is 2. The lowest BCUT2D eigenvalue weighted by molar-refractivity contribution is -0.117. The van der Waals surface area contributed by atoms with Crippen LogP contribution in [-0.2, 0) is 17.8 Å². The number of nitrogens with zero attached hydrogens (tertiary/aromatic N) is 2. The first-order chi connectivity index (χ1) is 11.7. The van der Waals surface area contributed by atoms with Crippen LogP contribution in [0, 0.1) is 11.3 Å². The van der Waals surface area contributed by atoms with Crippen LogP contribution in [-0.4, -0.2) is 12.5 Å². The number of nitrogens with one attached hydrogen (secondary N) is 1. The second-order valence-corrected chi connectivity index (χ2v) is 5.97. The molecule has 0 unspecified atom stereocenters. The van der Waals surface area contributed by atoms with Crippen molar-refractivity contribution < 1.29 is 4.79 Å². The van der Waals surface area contributed by atoms with E-state index in [4.69, 9.17) is 11.6 Å². The number of para-hydroxylation sites is 1. The first kappa shape index (κ1) is 16.1. The van der Waals surface area contributed by atoms with Crippen molar-refractivity contribution in [3.8, 4) is 6.07 Å². The average Bonchev–Trinajstić information content (AvgIpc) is 3.02. The summed E-state index contributed by atoms with van der Waals surface area (Å²) in [4.78, 5) is 14.2. The molecule has 4 nitrogen and oxygen atoms in total. The number of anilines is 1. The highest BCUT2D eigenvalue weighted by Crippen LogP contribution is 2.28. The largest absolute Gasteiger partial charge is 0.347 e. The number of rotatable bonds is 4. The van der Waals surface area contributed by atoms with Gasteiger partial charge in [-0.1, -0.05) is 41.9 Å². The van der Waals surface area contributed by atoms with Crippen LogP contribution in [0.3, 0.4) is 0 Å². The third-order valence-corrected chi connectivity index (χ3v) is 4.19. The summed E-state index contributed by atoms with van der Waals surface area (Å²) in [5.41, 5.74) is 3.31. The zero-order valence-corrected chi connectivity index (χ0v) is 13.8. The lowest BCUT2D eigenvalue weighted by atomic mass is 10.2. The normalized spacial score (nSPS) is 13.3. The summed E-state index contributed by atoms with van der Waals surface area (Å²) < 4.78 is 0. The molecule has 120 valence electrons. The van der Waals surface area contributed by atoms with Crippen LogP contribution in [0.15, 0.2) is 60.3 Å². The van der Waals surface area contributed by atoms with E-state index in [1.165, 1.54) is 5.56 Å². The predicted octanol–water partition coefficient (Wildman–Crippen LogP) is 3.43. The van der Waals surface area contributed by atoms with Gasteiger partial charge in [-0.2, -0.15) is 5.26 Å². The maximum atomic E-state index is 12.3. The molecule has 2 aromatic rings. The average molecular weight is 338 g/mol. The Morgan fingerprint density at radius 2 is 2.00 bits per heavy atom. The summed E-state index contributed by atoms with van der Waals surface area (Å²) in [7, 11) is 0. The van der Waals surface area contributed by atoms with Gasteiger partial charge in [-0.05, 0) is 35.7 Å². The molecule has 1 aliphatic heterocycles. The molecular formula is C19H16ClN3O. The summed E-state index contributed by atoms with van der Waals surface area (Å²) in [6, 6.07) is 17.2. The maximum Gasteiger partial charge on any atom is 0.263 e. The van der Waals surface area contributed by atoms with Gasteiger partial charge in [0.2, 0.25) is 0 Å². The highest BCUT2D eigenvalue weighted by molar-refractivity contribution is 6.30. The number of carbonyl (C=O) groups excluding carboxylic acids is 1. The fourth-order valence-electron chi connectivity index (χ4n) is 2.67. The number of carbonyl (C=O) groups is 1. The number of hydrogen-bond donors (Lipinski definition) is 1. The lowest BCUT2D eigenvalue weighted by Crippen LogP contribution is -2.26. The lowest BCUT2D eigenvalue weighted by Gasteiger charge is -2.14. The molecule has 0 spiro atoms. The van der Waals surface area contributed by atoms with Crippen LogP contribution in [0.5, 0.6) is 0 Å². The van der Waals surface area contributed by atoms with Crippen LogP contribution in [0.2, 0.25) is 5.02 Å². The predicted molar refractivity (Wildman–Crippen MR) is 94.5 cm³/mol. The zero-order chi connectivity index (χ0) is 16.9. The molecular weight excluding hydrogens is 322 g/mol. The fraction of sp³-hybridized carbons (Fsp3) is 0.158. The van der Waals surface area contributed by atoms with Gasteiger partial charge in [0, 0.05) is 30.0 Å². The van der Waals surface area contributed by atoms with Gasteiger partial charge in [-0.3, -0.25) is 4.79 Å². The molecule has 0 saturated carbocycles. The van der Waals surface area contributed by atoms with E-state index in [1.54, 1.807) is 18.3 Å². The van der Waals surface area contributed by atoms with E-state index in [-0.39, 0.29) is 11.5 Å². The molecule has 1 amide bonds. The van der Waals surface area contributed by atoms with E-state index >= 15 is 0 Å². The molecule has 3 rings (SSSR count). The van der Waals surface area contributed by atoms with E-state index in [2.05, 4.69) is 11.4 Å². The third-order valence-electron chi connectivity index (χ3n) is 3.94. The first-order valence-corrected chi connectivity index (χ1v) is 8.04. The van der Waals surface area contributed by atoms with Crippen LogP contribution in [0.25, 0.3) is 0 Å². The van der Waals surface area contributed by atoms with Crippen molar-refractivity contribution in [2.24, 2.45) is 0 Å². The van der Waals surface area contributed by atoms with Crippen molar-refractivity contribution >= 4 is 23.2 Å². The van der Waals surface area contributed by atoms with Gasteiger partial charge in [-0.15, -0.1) is 0 Å². The summed E-state index contributed by atoms with van der Waals surface area (Å²) >= 11 is 5.84. The van der Waals surface area contributed by atoms with E-state index < -0.39 is 0 Å². The molecule has 0 saturated heterocycles. The maximum absolute atomic E-state index is 12.3. The minimum absolute atomic E-state index is 0.0978. The minimum Gasteiger partial charge on any atom is -0.347 e. The second-order valence-electron chi connectivity index (χ2n) is 5.54. The molecule has 0 atom stereocenters. The number of fused-ring (bicyclic) bond motifs is 1. The second kappa shape index (κ2) is 7.20. The van der Waals surface area contributed by atoms with Gasteiger partial charge in [0.25, 0.3) is 5.91 Å². The molecule has 0 aliphatic carbocycles. The minimum atomic E-state index is -0.378. The monoisotopic (exact) mass is 337 g/mol. The molecule has 0 fully saturated rings. The van der Waals surface area contributed by atoms with Gasteiger partial charge in [0.15, 0.2) is 0 Å². The van der Waals surface area contributed by atoms with Crippen molar-refractivity contribution in [3.05, 3.63) is 76.5 Å². The summed E-state index contributed by atoms with van der Waals surface area (Å²) in [5, 5.41) is 12.7. The summed E-state index contributed by atoms with van der Waals surface area (Å²) in [6.07, 6.45) is 2.54. The molecule has 2 aromatic carbocycles. The molecule has 1 N–H and O–H groups in total. The Balaban J connectivity index is 1.69. The van der Waals surface area contributed by atoms with Crippen molar-refractivity contribution in [2.75, 3.05) is 11.4 Å². The SMILES string of the molecule is N#C/C(=C/N1CCc2ccccc21)C(=O)NCc1ccc(Cl)cc1. The highest BCUT2D eigenvalue weighted by Gasteiger charge is 2.19. The number of amides is 1. The van der Waals surface area contributed by atoms with Gasteiger partial charge >= 0.3 is 0 Å². The standard InChI is InChI=1S/C19H16ClN3O/c20-17-7-5-14(6-8-17)12-22-19(24)16(11-21)13-23-10-9-15-3-1-2-4-18(15)23/h1-8,13H,9-10,12H2,(H,22,24)/b16-13-. The van der Waals surface area contributed by atoms with E-state index in [0.717, 1.165) is 24.2 Å². The van der Waals surface area contributed by atoms with Crippen molar-refractivity contribution in [3.63, 3.8) is 0 Å². The van der Waals surface area contributed by atoms with Gasteiger partial charge in [0.05, 0.1) is 0 Å². The van der Waals surface area contributed by atoms with E-state index in [1.807, 2.05) is 41.3 Å². The van der Waals surface area contributed by atoms with Crippen LogP contribution in [0.4, 0.5) is 5.69 Å². The summed E-state index contributed by atoms with van der Waals surface area (Å²) in [6.45, 7) is 1.13. The summed E-state index contributed by atoms with van der Waals surface area (Å²) in [5.74, 6) is -0.378. The first-order valence-electron chi connectivity index (χ1n) is 7.66. The quantitative estimate of drug-likeness (QED) is 0.687. The Morgan fingerprint density at radius 1 is 1.25 bits per heavy atom. The van der Waals surface area contributed by atoms with Crippen molar-refractivity contribution in [1.82, 2.24) is 5.32 Å². The van der Waals surface area contributed by atoms with Crippen molar-refractivity contribution in [1.29, 1.82) is 5.26 Å². The van der Waals surface area contributed by atoms with E-state index in [0.29, 0.717) is 11.6 Å². The number of nitriles is 1. The van der Waals surface area contributed by atoms with Crippen LogP contribution < -0.4 is 10.2 Å². The molecule has 5 heteroatoms. The zero-order valence-electron chi connectivity index (χ0n) is 13.0. The van der Waals surface area contributed by atoms with E-state index in [9.17, 15) is 10.1 Å². The molecule has 0 radical (unpaired) electrons. The Kier molecular flexibility index (Phi) is 4.83. The number of hydrogen-bond acceptors (Lipinski definition) is 3. The Bertz CT molecular complexity index is 821. The molecule has 24 heavy (non-hydrogen) atoms. The van der Waals surface area contributed by atoms with Crippen LogP contribution in [0.1, 0.15) is 11.1 Å². The molecule has 0 bridgehead atoms. The highest BCUT2D eigenvalue weighted by atomic mass is 35.5. The Hall–Kier alpha value is -2.77. The van der Waals surface area contributed by atoms with Crippen LogP contribution >= 0.6 is 11.6 Å². The van der Waals surface area contributed by atoms with Crippen molar-refractivity contribution in [2.45, 2.75) is 13.0 Å². The smallest absolute Gasteiger partial charge is 0.263 e. The number of halogens is 1. The third kappa shape index (κ3) is 3.58. The fourth-order valence-corrected chi connectivity index (χ4v) is 2.80. The molecule has 0 aromatic heterocycles. The Labute approximate surface area is 146 Å². The van der Waals surface area contributed by atoms with Gasteiger partial charge in [0.1, 0.15) is 11.6 Å². The van der Waals surface area contributed by atoms with Gasteiger partial charge in [-0.25, -0.2) is 0 Å². The Morgan fingerprint density at radius 3 is 2.75 bits per heavy atom. The molecule has 1 aliphatic rings. The molecule has 1 heterocycles. The van der Waals surface area contributed by atoms with Gasteiger partial charge < -0.3 is 10.2 Å².